The van der Waals surface area contributed by atoms with Crippen molar-refractivity contribution in [3.63, 3.8) is 0 Å². The summed E-state index contributed by atoms with van der Waals surface area (Å²) in [5, 5.41) is 11.1. The summed E-state index contributed by atoms with van der Waals surface area (Å²) >= 11 is 1.34. The molecule has 2 rings (SSSR count). The van der Waals surface area contributed by atoms with Crippen molar-refractivity contribution in [3.05, 3.63) is 35.2 Å². The van der Waals surface area contributed by atoms with E-state index >= 15 is 0 Å². The average Bonchev–Trinajstić information content (AvgIpc) is 2.70. The van der Waals surface area contributed by atoms with Crippen LogP contribution in [-0.2, 0) is 5.60 Å². The van der Waals surface area contributed by atoms with E-state index in [2.05, 4.69) is 0 Å². The molecule has 0 aliphatic heterocycles. The van der Waals surface area contributed by atoms with Crippen molar-refractivity contribution in [2.75, 3.05) is 0 Å². The second kappa shape index (κ2) is 4.55. The highest BCUT2D eigenvalue weighted by molar-refractivity contribution is 7.19. The van der Waals surface area contributed by atoms with Gasteiger partial charge in [-0.1, -0.05) is 18.2 Å². The number of fused-ring (bicyclic) bond motifs is 1. The molecule has 0 spiro atoms. The zero-order valence-corrected chi connectivity index (χ0v) is 10.6. The van der Waals surface area contributed by atoms with Gasteiger partial charge in [0, 0.05) is 16.0 Å². The van der Waals surface area contributed by atoms with Crippen LogP contribution < -0.4 is 0 Å². The molecule has 0 saturated carbocycles. The van der Waals surface area contributed by atoms with E-state index in [4.69, 9.17) is 0 Å². The number of hydrogen-bond donors (Lipinski definition) is 1. The number of hydrogen-bond acceptors (Lipinski definition) is 2. The van der Waals surface area contributed by atoms with Crippen molar-refractivity contribution >= 4 is 21.4 Å². The standard InChI is InChI=1S/C13H13F3OS/c1-12(17,6-7-13(14,15)16)11-8-9-4-2-3-5-10(9)18-11/h2-5,8,17H,6-7H2,1H3. The minimum Gasteiger partial charge on any atom is -0.385 e. The molecule has 98 valence electrons. The van der Waals surface area contributed by atoms with E-state index in [0.29, 0.717) is 4.88 Å². The number of halogens is 3. The van der Waals surface area contributed by atoms with E-state index in [0.717, 1.165) is 10.1 Å². The Balaban J connectivity index is 2.23. The number of aliphatic hydroxyl groups is 1. The van der Waals surface area contributed by atoms with Crippen LogP contribution in [-0.4, -0.2) is 11.3 Å². The molecule has 1 unspecified atom stereocenters. The Hall–Kier alpha value is -1.07. The highest BCUT2D eigenvalue weighted by Gasteiger charge is 2.34. The number of rotatable bonds is 3. The Labute approximate surface area is 107 Å². The van der Waals surface area contributed by atoms with Gasteiger partial charge >= 0.3 is 6.18 Å². The maximum Gasteiger partial charge on any atom is 0.389 e. The zero-order chi connectivity index (χ0) is 13.4. The van der Waals surface area contributed by atoms with E-state index in [1.807, 2.05) is 24.3 Å². The Morgan fingerprint density at radius 1 is 1.17 bits per heavy atom. The van der Waals surface area contributed by atoms with Crippen LogP contribution in [0.3, 0.4) is 0 Å². The van der Waals surface area contributed by atoms with E-state index in [9.17, 15) is 18.3 Å². The molecule has 0 aliphatic rings. The third-order valence-electron chi connectivity index (χ3n) is 2.85. The van der Waals surface area contributed by atoms with Crippen molar-refractivity contribution in [2.45, 2.75) is 31.5 Å². The van der Waals surface area contributed by atoms with Gasteiger partial charge in [-0.3, -0.25) is 0 Å². The van der Waals surface area contributed by atoms with Crippen LogP contribution >= 0.6 is 11.3 Å². The third kappa shape index (κ3) is 3.03. The van der Waals surface area contributed by atoms with Gasteiger partial charge in [-0.05, 0) is 30.9 Å². The highest BCUT2D eigenvalue weighted by Crippen LogP contribution is 2.37. The molecule has 0 bridgehead atoms. The fraction of sp³-hybridized carbons (Fsp3) is 0.385. The maximum atomic E-state index is 12.2. The lowest BCUT2D eigenvalue weighted by Gasteiger charge is -2.22. The summed E-state index contributed by atoms with van der Waals surface area (Å²) in [7, 11) is 0. The van der Waals surface area contributed by atoms with Gasteiger partial charge in [-0.2, -0.15) is 13.2 Å². The molecule has 1 nitrogen and oxygen atoms in total. The van der Waals surface area contributed by atoms with Crippen LogP contribution in [0.5, 0.6) is 0 Å². The van der Waals surface area contributed by atoms with E-state index in [-0.39, 0.29) is 6.42 Å². The molecule has 5 heteroatoms. The predicted molar refractivity (Wildman–Crippen MR) is 66.7 cm³/mol. The topological polar surface area (TPSA) is 20.2 Å². The fourth-order valence-electron chi connectivity index (χ4n) is 1.76. The first-order valence-corrected chi connectivity index (χ1v) is 6.38. The number of benzene rings is 1. The molecular formula is C13H13F3OS. The third-order valence-corrected chi connectivity index (χ3v) is 4.22. The summed E-state index contributed by atoms with van der Waals surface area (Å²) in [5.74, 6) is 0. The largest absolute Gasteiger partial charge is 0.389 e. The quantitative estimate of drug-likeness (QED) is 0.876. The lowest BCUT2D eigenvalue weighted by molar-refractivity contribution is -0.146. The minimum atomic E-state index is -4.24. The first-order valence-electron chi connectivity index (χ1n) is 5.56. The van der Waals surface area contributed by atoms with Gasteiger partial charge in [0.15, 0.2) is 0 Å². The fourth-order valence-corrected chi connectivity index (χ4v) is 2.89. The molecule has 1 heterocycles. The molecule has 0 saturated heterocycles. The molecule has 1 aromatic carbocycles. The van der Waals surface area contributed by atoms with Crippen LogP contribution in [0.2, 0.25) is 0 Å². The van der Waals surface area contributed by atoms with Gasteiger partial charge in [0.05, 0.1) is 5.60 Å². The van der Waals surface area contributed by atoms with Gasteiger partial charge in [0.1, 0.15) is 0 Å². The summed E-state index contributed by atoms with van der Waals surface area (Å²) in [6, 6.07) is 9.27. The molecule has 0 radical (unpaired) electrons. The Morgan fingerprint density at radius 3 is 2.44 bits per heavy atom. The van der Waals surface area contributed by atoms with Crippen LogP contribution in [0.25, 0.3) is 10.1 Å². The second-order valence-corrected chi connectivity index (χ2v) is 5.62. The van der Waals surface area contributed by atoms with Gasteiger partial charge in [-0.25, -0.2) is 0 Å². The summed E-state index contributed by atoms with van der Waals surface area (Å²) in [4.78, 5) is 0.577. The van der Waals surface area contributed by atoms with Gasteiger partial charge < -0.3 is 5.11 Å². The van der Waals surface area contributed by atoms with Crippen molar-refractivity contribution in [2.24, 2.45) is 0 Å². The molecule has 0 amide bonds. The first-order chi connectivity index (χ1) is 8.28. The summed E-state index contributed by atoms with van der Waals surface area (Å²) in [6.07, 6.45) is -5.53. The van der Waals surface area contributed by atoms with Crippen molar-refractivity contribution in [1.29, 1.82) is 0 Å². The zero-order valence-electron chi connectivity index (χ0n) is 9.79. The summed E-state index contributed by atoms with van der Waals surface area (Å²) in [6.45, 7) is 1.43. The van der Waals surface area contributed by atoms with Crippen molar-refractivity contribution < 1.29 is 18.3 Å². The Kier molecular flexibility index (Phi) is 3.38. The molecule has 0 fully saturated rings. The Morgan fingerprint density at radius 2 is 1.83 bits per heavy atom. The maximum absolute atomic E-state index is 12.2. The smallest absolute Gasteiger partial charge is 0.385 e. The lowest BCUT2D eigenvalue weighted by Crippen LogP contribution is -2.23. The van der Waals surface area contributed by atoms with Gasteiger partial charge in [0.25, 0.3) is 0 Å². The van der Waals surface area contributed by atoms with E-state index < -0.39 is 18.2 Å². The van der Waals surface area contributed by atoms with Crippen LogP contribution in [0.1, 0.15) is 24.6 Å². The Bertz CT molecular complexity index is 509. The first kappa shape index (κ1) is 13.4. The lowest BCUT2D eigenvalue weighted by atomic mass is 9.97. The number of thiophene rings is 1. The molecule has 0 aliphatic carbocycles. The predicted octanol–water partition coefficient (Wildman–Crippen LogP) is 4.45. The van der Waals surface area contributed by atoms with Gasteiger partial charge in [0.2, 0.25) is 0 Å². The monoisotopic (exact) mass is 274 g/mol. The molecular weight excluding hydrogens is 261 g/mol. The van der Waals surface area contributed by atoms with Crippen LogP contribution in [0.15, 0.2) is 30.3 Å². The van der Waals surface area contributed by atoms with Gasteiger partial charge in [-0.15, -0.1) is 11.3 Å². The number of alkyl halides is 3. The molecule has 2 aromatic rings. The average molecular weight is 274 g/mol. The van der Waals surface area contributed by atoms with Crippen LogP contribution in [0, 0.1) is 0 Å². The SMILES string of the molecule is CC(O)(CCC(F)(F)F)c1cc2ccccc2s1. The molecule has 1 aromatic heterocycles. The van der Waals surface area contributed by atoms with Crippen LogP contribution in [0.4, 0.5) is 13.2 Å². The minimum absolute atomic E-state index is 0.316. The molecule has 1 atom stereocenters. The van der Waals surface area contributed by atoms with Crippen molar-refractivity contribution in [1.82, 2.24) is 0 Å². The van der Waals surface area contributed by atoms with E-state index in [1.165, 1.54) is 18.3 Å². The molecule has 18 heavy (non-hydrogen) atoms. The molecule has 1 N–H and O–H groups in total. The normalized spacial score (nSPS) is 15.8. The summed E-state index contributed by atoms with van der Waals surface area (Å²) in [5.41, 5.74) is -1.43. The van der Waals surface area contributed by atoms with E-state index in [1.54, 1.807) is 6.07 Å². The summed E-state index contributed by atoms with van der Waals surface area (Å²) < 4.78 is 37.6. The van der Waals surface area contributed by atoms with Crippen molar-refractivity contribution in [3.8, 4) is 0 Å². The highest BCUT2D eigenvalue weighted by atomic mass is 32.1. The second-order valence-electron chi connectivity index (χ2n) is 4.54.